The van der Waals surface area contributed by atoms with Gasteiger partial charge >= 0.3 is 0 Å². The minimum absolute atomic E-state index is 0.0214. The van der Waals surface area contributed by atoms with Crippen molar-refractivity contribution in [3.8, 4) is 0 Å². The molecular weight excluding hydrogens is 404 g/mol. The van der Waals surface area contributed by atoms with Crippen LogP contribution in [-0.4, -0.2) is 75.7 Å². The molecule has 1 aliphatic heterocycles. The van der Waals surface area contributed by atoms with Crippen LogP contribution in [0.2, 0.25) is 25.7 Å². The second-order valence-electron chi connectivity index (χ2n) is 8.25. The summed E-state index contributed by atoms with van der Waals surface area (Å²) in [5.41, 5.74) is 0.903. The van der Waals surface area contributed by atoms with E-state index in [1.165, 1.54) is 12.1 Å². The number of benzene rings is 1. The Morgan fingerprint density at radius 3 is 2.21 bits per heavy atom. The molecule has 1 aromatic carbocycles. The highest BCUT2D eigenvalue weighted by molar-refractivity contribution is 7.86. The molecule has 3 N–H and O–H groups in total. The van der Waals surface area contributed by atoms with E-state index in [0.717, 1.165) is 11.6 Å². The van der Waals surface area contributed by atoms with Gasteiger partial charge in [0.1, 0.15) is 24.4 Å². The normalized spacial score (nSPS) is 29.0. The van der Waals surface area contributed by atoms with Gasteiger partial charge in [-0.25, -0.2) is 0 Å². The van der Waals surface area contributed by atoms with Crippen molar-refractivity contribution >= 4 is 18.2 Å². The van der Waals surface area contributed by atoms with Crippen LogP contribution in [0.4, 0.5) is 0 Å². The van der Waals surface area contributed by atoms with E-state index in [4.69, 9.17) is 13.7 Å². The molecule has 28 heavy (non-hydrogen) atoms. The lowest BCUT2D eigenvalue weighted by molar-refractivity contribution is -0.298. The van der Waals surface area contributed by atoms with Gasteiger partial charge in [0.25, 0.3) is 10.1 Å². The van der Waals surface area contributed by atoms with Crippen LogP contribution in [0.25, 0.3) is 0 Å². The van der Waals surface area contributed by atoms with Crippen LogP contribution in [-0.2, 0) is 23.8 Å². The zero-order chi connectivity index (χ0) is 21.1. The molecule has 1 aliphatic rings. The molecule has 0 spiro atoms. The summed E-state index contributed by atoms with van der Waals surface area (Å²) in [6.45, 7) is 8.14. The first kappa shape index (κ1) is 23.4. The van der Waals surface area contributed by atoms with Gasteiger partial charge in [0.05, 0.1) is 11.5 Å². The second-order valence-corrected chi connectivity index (χ2v) is 15.5. The van der Waals surface area contributed by atoms with Crippen molar-refractivity contribution in [1.29, 1.82) is 0 Å². The van der Waals surface area contributed by atoms with Crippen LogP contribution in [0.5, 0.6) is 0 Å². The minimum atomic E-state index is -4.06. The molecule has 0 aliphatic carbocycles. The van der Waals surface area contributed by atoms with Gasteiger partial charge in [0.2, 0.25) is 0 Å². The average molecular weight is 435 g/mol. The molecule has 0 unspecified atom stereocenters. The van der Waals surface area contributed by atoms with Crippen LogP contribution in [0, 0.1) is 6.92 Å². The highest BCUT2D eigenvalue weighted by Gasteiger charge is 2.45. The first-order valence-corrected chi connectivity index (χ1v) is 14.3. The SMILES string of the molecule is Cc1ccc(S(=O)(=O)OC[C@H]2O[C@@H](OCC[Si](C)(C)C)[C@H](O)[C@@H](O)[C@@H]2O)cc1. The van der Waals surface area contributed by atoms with E-state index in [9.17, 15) is 23.7 Å². The molecule has 8 nitrogen and oxygen atoms in total. The van der Waals surface area contributed by atoms with E-state index in [1.54, 1.807) is 12.1 Å². The first-order valence-electron chi connectivity index (χ1n) is 9.18. The van der Waals surface area contributed by atoms with E-state index in [1.807, 2.05) is 6.92 Å². The molecule has 0 radical (unpaired) electrons. The number of aliphatic hydroxyl groups excluding tert-OH is 3. The molecule has 160 valence electrons. The van der Waals surface area contributed by atoms with E-state index in [-0.39, 0.29) is 4.90 Å². The van der Waals surface area contributed by atoms with E-state index in [0.29, 0.717) is 6.61 Å². The second kappa shape index (κ2) is 9.31. The number of aliphatic hydroxyl groups is 3. The maximum absolute atomic E-state index is 12.3. The fourth-order valence-corrected chi connectivity index (χ4v) is 4.25. The summed E-state index contributed by atoms with van der Waals surface area (Å²) in [7, 11) is -5.43. The van der Waals surface area contributed by atoms with E-state index >= 15 is 0 Å². The van der Waals surface area contributed by atoms with Crippen molar-refractivity contribution in [2.45, 2.75) is 68.2 Å². The third kappa shape index (κ3) is 6.33. The predicted octanol–water partition coefficient (Wildman–Crippen LogP) is 0.863. The molecule has 1 saturated heterocycles. The van der Waals surface area contributed by atoms with Gasteiger partial charge in [0.15, 0.2) is 6.29 Å². The summed E-state index contributed by atoms with van der Waals surface area (Å²) in [4.78, 5) is -0.0214. The summed E-state index contributed by atoms with van der Waals surface area (Å²) in [5, 5.41) is 30.3. The zero-order valence-electron chi connectivity index (χ0n) is 16.6. The van der Waals surface area contributed by atoms with Crippen molar-refractivity contribution in [3.05, 3.63) is 29.8 Å². The van der Waals surface area contributed by atoms with Crippen LogP contribution in [0.3, 0.4) is 0 Å². The van der Waals surface area contributed by atoms with Gasteiger partial charge in [-0.2, -0.15) is 8.42 Å². The Hall–Kier alpha value is -0.853. The Morgan fingerprint density at radius 2 is 1.64 bits per heavy atom. The molecule has 0 aromatic heterocycles. The molecular formula is C18H30O8SSi. The monoisotopic (exact) mass is 434 g/mol. The molecule has 1 aromatic rings. The zero-order valence-corrected chi connectivity index (χ0v) is 18.4. The summed E-state index contributed by atoms with van der Waals surface area (Å²) in [5.74, 6) is 0. The Morgan fingerprint density at radius 1 is 1.04 bits per heavy atom. The van der Waals surface area contributed by atoms with Crippen LogP contribution in [0.1, 0.15) is 5.56 Å². The number of aryl methyl sites for hydroxylation is 1. The number of ether oxygens (including phenoxy) is 2. The van der Waals surface area contributed by atoms with Gasteiger partial charge < -0.3 is 24.8 Å². The van der Waals surface area contributed by atoms with Crippen molar-refractivity contribution in [3.63, 3.8) is 0 Å². The smallest absolute Gasteiger partial charge is 0.297 e. The van der Waals surface area contributed by atoms with E-state index < -0.39 is 55.5 Å². The third-order valence-electron chi connectivity index (χ3n) is 4.50. The van der Waals surface area contributed by atoms with Crippen molar-refractivity contribution in [1.82, 2.24) is 0 Å². The Balaban J connectivity index is 2.00. The van der Waals surface area contributed by atoms with Crippen molar-refractivity contribution in [2.24, 2.45) is 0 Å². The van der Waals surface area contributed by atoms with E-state index in [2.05, 4.69) is 19.6 Å². The molecule has 0 bridgehead atoms. The predicted molar refractivity (Wildman–Crippen MR) is 105 cm³/mol. The molecule has 1 fully saturated rings. The minimum Gasteiger partial charge on any atom is -0.387 e. The lowest BCUT2D eigenvalue weighted by Crippen LogP contribution is -2.59. The summed E-state index contributed by atoms with van der Waals surface area (Å²) in [6, 6.07) is 6.95. The highest BCUT2D eigenvalue weighted by atomic mass is 32.2. The Bertz CT molecular complexity index is 731. The quantitative estimate of drug-likeness (QED) is 0.407. The van der Waals surface area contributed by atoms with Gasteiger partial charge in [-0.05, 0) is 25.1 Å². The topological polar surface area (TPSA) is 123 Å². The Labute approximate surface area is 167 Å². The maximum atomic E-state index is 12.3. The molecule has 0 saturated carbocycles. The van der Waals surface area contributed by atoms with Gasteiger partial charge in [0, 0.05) is 14.7 Å². The van der Waals surface area contributed by atoms with Gasteiger partial charge in [-0.1, -0.05) is 37.3 Å². The van der Waals surface area contributed by atoms with Gasteiger partial charge in [-0.3, -0.25) is 4.18 Å². The van der Waals surface area contributed by atoms with Crippen LogP contribution >= 0.6 is 0 Å². The number of hydrogen-bond donors (Lipinski definition) is 3. The maximum Gasteiger partial charge on any atom is 0.297 e. The third-order valence-corrected chi connectivity index (χ3v) is 7.50. The standard InChI is InChI=1S/C18H30O8SSi/c1-12-5-7-13(8-6-12)27(22,23)25-11-14-15(19)16(20)17(21)18(26-14)24-9-10-28(2,3)4/h5-8,14-21H,9-11H2,1-4H3/t14-,15-,16+,17-,18-/m1/s1. The highest BCUT2D eigenvalue weighted by Crippen LogP contribution is 2.24. The molecule has 1 heterocycles. The first-order chi connectivity index (χ1) is 12.9. The lowest BCUT2D eigenvalue weighted by Gasteiger charge is -2.40. The lowest BCUT2D eigenvalue weighted by atomic mass is 9.99. The molecule has 10 heteroatoms. The fourth-order valence-electron chi connectivity index (χ4n) is 2.60. The molecule has 5 atom stereocenters. The van der Waals surface area contributed by atoms with Crippen LogP contribution in [0.15, 0.2) is 29.2 Å². The molecule has 2 rings (SSSR count). The fraction of sp³-hybridized carbons (Fsp3) is 0.667. The summed E-state index contributed by atoms with van der Waals surface area (Å²) >= 11 is 0. The number of hydrogen-bond acceptors (Lipinski definition) is 8. The largest absolute Gasteiger partial charge is 0.387 e. The van der Waals surface area contributed by atoms with Crippen LogP contribution < -0.4 is 0 Å². The summed E-state index contributed by atoms with van der Waals surface area (Å²) < 4.78 is 40.6. The molecule has 0 amide bonds. The number of rotatable bonds is 8. The Kier molecular flexibility index (Phi) is 7.79. The van der Waals surface area contributed by atoms with Crippen molar-refractivity contribution in [2.75, 3.05) is 13.2 Å². The van der Waals surface area contributed by atoms with Gasteiger partial charge in [-0.15, -0.1) is 0 Å². The van der Waals surface area contributed by atoms with Crippen molar-refractivity contribution < 1.29 is 37.4 Å². The average Bonchev–Trinajstić information content (AvgIpc) is 2.60. The summed E-state index contributed by atoms with van der Waals surface area (Å²) in [6.07, 6.45) is -6.84.